The lowest BCUT2D eigenvalue weighted by molar-refractivity contribution is -0.160. The summed E-state index contributed by atoms with van der Waals surface area (Å²) in [6.07, 6.45) is -5.95. The van der Waals surface area contributed by atoms with Crippen molar-refractivity contribution in [3.8, 4) is 11.1 Å². The Hall–Kier alpha value is -3.88. The van der Waals surface area contributed by atoms with E-state index in [9.17, 15) is 27.2 Å². The number of nitrogens with zero attached hydrogens (tertiary/aromatic N) is 1. The molecule has 9 heteroatoms. The highest BCUT2D eigenvalue weighted by atomic mass is 19.4. The van der Waals surface area contributed by atoms with Gasteiger partial charge in [-0.1, -0.05) is 54.6 Å². The molecule has 0 bridgehead atoms. The van der Waals surface area contributed by atoms with Crippen LogP contribution < -0.4 is 0 Å². The molecule has 4 rings (SSSR count). The number of benzene rings is 3. The van der Waals surface area contributed by atoms with E-state index in [1.165, 1.54) is 7.05 Å². The number of esters is 1. The Morgan fingerprint density at radius 3 is 2.00 bits per heavy atom. The predicted octanol–water partition coefficient (Wildman–Crippen LogP) is 6.98. The second kappa shape index (κ2) is 10.7. The van der Waals surface area contributed by atoms with Gasteiger partial charge in [0.15, 0.2) is 0 Å². The van der Waals surface area contributed by atoms with E-state index in [1.54, 1.807) is 20.8 Å². The van der Waals surface area contributed by atoms with Crippen molar-refractivity contribution in [2.75, 3.05) is 13.7 Å². The van der Waals surface area contributed by atoms with E-state index in [-0.39, 0.29) is 24.5 Å². The maximum absolute atomic E-state index is 14.2. The molecule has 39 heavy (non-hydrogen) atoms. The quantitative estimate of drug-likeness (QED) is 0.249. The standard InChI is InChI=1S/C30H29F4NO4/c1-29(2,3)39-27(36)26(16-18-13-14-24(25(31)15-18)30(32,33)34)35(4)28(37)38-17-23-21-11-7-5-9-19(21)20-10-6-8-12-22(20)23/h5-15,23,26H,16-17H2,1-4H3/t26-/m0/s1. The van der Waals surface area contributed by atoms with E-state index < -0.39 is 41.3 Å². The van der Waals surface area contributed by atoms with Crippen LogP contribution in [0.2, 0.25) is 0 Å². The molecule has 0 saturated heterocycles. The SMILES string of the molecule is CN(C(=O)OCC1c2ccccc2-c2ccccc21)[C@@H](Cc1ccc(C(F)(F)F)c(F)c1)C(=O)OC(C)(C)C. The number of alkyl halides is 3. The Morgan fingerprint density at radius 2 is 1.49 bits per heavy atom. The summed E-state index contributed by atoms with van der Waals surface area (Å²) in [4.78, 5) is 27.3. The molecular formula is C30H29F4NO4. The van der Waals surface area contributed by atoms with Crippen molar-refractivity contribution in [2.45, 2.75) is 50.9 Å². The minimum absolute atomic E-state index is 0.00709. The zero-order valence-electron chi connectivity index (χ0n) is 22.0. The van der Waals surface area contributed by atoms with Crippen LogP contribution in [-0.4, -0.2) is 42.3 Å². The van der Waals surface area contributed by atoms with Gasteiger partial charge in [0.05, 0.1) is 5.56 Å². The van der Waals surface area contributed by atoms with Crippen molar-refractivity contribution in [1.29, 1.82) is 0 Å². The molecule has 3 aromatic rings. The number of likely N-dealkylation sites (N-methyl/N-ethyl adjacent to an activating group) is 1. The van der Waals surface area contributed by atoms with Gasteiger partial charge in [0, 0.05) is 19.4 Å². The Bertz CT molecular complexity index is 1330. The molecule has 3 aromatic carbocycles. The van der Waals surface area contributed by atoms with Gasteiger partial charge in [-0.15, -0.1) is 0 Å². The zero-order valence-corrected chi connectivity index (χ0v) is 22.0. The lowest BCUT2D eigenvalue weighted by Gasteiger charge is -2.30. The third kappa shape index (κ3) is 6.24. The molecule has 1 aliphatic rings. The average Bonchev–Trinajstić information content (AvgIpc) is 3.17. The molecule has 1 amide bonds. The van der Waals surface area contributed by atoms with Crippen molar-refractivity contribution in [2.24, 2.45) is 0 Å². The number of amides is 1. The van der Waals surface area contributed by atoms with Gasteiger partial charge in [-0.3, -0.25) is 4.90 Å². The van der Waals surface area contributed by atoms with Crippen LogP contribution >= 0.6 is 0 Å². The first-order chi connectivity index (χ1) is 18.3. The van der Waals surface area contributed by atoms with E-state index >= 15 is 0 Å². The highest BCUT2D eigenvalue weighted by molar-refractivity contribution is 5.82. The fraction of sp³-hybridized carbons (Fsp3) is 0.333. The maximum Gasteiger partial charge on any atom is 0.419 e. The first-order valence-electron chi connectivity index (χ1n) is 12.4. The van der Waals surface area contributed by atoms with Gasteiger partial charge in [0.25, 0.3) is 0 Å². The zero-order chi connectivity index (χ0) is 28.5. The van der Waals surface area contributed by atoms with Crippen molar-refractivity contribution in [3.05, 3.63) is 94.8 Å². The Balaban J connectivity index is 1.54. The third-order valence-corrected chi connectivity index (χ3v) is 6.54. The largest absolute Gasteiger partial charge is 0.458 e. The minimum Gasteiger partial charge on any atom is -0.458 e. The molecule has 0 radical (unpaired) electrons. The molecule has 0 spiro atoms. The van der Waals surface area contributed by atoms with Gasteiger partial charge in [0.2, 0.25) is 0 Å². The predicted molar refractivity (Wildman–Crippen MR) is 138 cm³/mol. The average molecular weight is 544 g/mol. The highest BCUT2D eigenvalue weighted by Crippen LogP contribution is 2.44. The summed E-state index contributed by atoms with van der Waals surface area (Å²) in [5.41, 5.74) is 1.91. The second-order valence-corrected chi connectivity index (χ2v) is 10.5. The molecule has 206 valence electrons. The Morgan fingerprint density at radius 1 is 0.923 bits per heavy atom. The second-order valence-electron chi connectivity index (χ2n) is 10.5. The van der Waals surface area contributed by atoms with Crippen LogP contribution in [0, 0.1) is 5.82 Å². The molecule has 0 aliphatic heterocycles. The summed E-state index contributed by atoms with van der Waals surface area (Å²) < 4.78 is 64.3. The van der Waals surface area contributed by atoms with E-state index in [0.29, 0.717) is 12.1 Å². The summed E-state index contributed by atoms with van der Waals surface area (Å²) in [5, 5.41) is 0. The summed E-state index contributed by atoms with van der Waals surface area (Å²) in [7, 11) is 1.34. The molecular weight excluding hydrogens is 514 g/mol. The lowest BCUT2D eigenvalue weighted by Crippen LogP contribution is -2.47. The van der Waals surface area contributed by atoms with E-state index in [2.05, 4.69) is 0 Å². The van der Waals surface area contributed by atoms with Gasteiger partial charge in [-0.25, -0.2) is 14.0 Å². The van der Waals surface area contributed by atoms with Gasteiger partial charge in [-0.2, -0.15) is 13.2 Å². The Labute approximate surface area is 224 Å². The number of hydrogen-bond donors (Lipinski definition) is 0. The van der Waals surface area contributed by atoms with Crippen LogP contribution in [0.5, 0.6) is 0 Å². The van der Waals surface area contributed by atoms with Crippen LogP contribution in [-0.2, 0) is 26.9 Å². The van der Waals surface area contributed by atoms with Crippen molar-refractivity contribution in [1.82, 2.24) is 4.90 Å². The molecule has 0 saturated carbocycles. The number of carbonyl (C=O) groups excluding carboxylic acids is 2. The van der Waals surface area contributed by atoms with Crippen LogP contribution in [0.25, 0.3) is 11.1 Å². The molecule has 0 N–H and O–H groups in total. The molecule has 0 heterocycles. The minimum atomic E-state index is -4.86. The number of hydrogen-bond acceptors (Lipinski definition) is 4. The lowest BCUT2D eigenvalue weighted by atomic mass is 9.98. The molecule has 5 nitrogen and oxygen atoms in total. The first kappa shape index (κ1) is 28.1. The highest BCUT2D eigenvalue weighted by Gasteiger charge is 2.36. The van der Waals surface area contributed by atoms with Gasteiger partial charge in [-0.05, 0) is 60.7 Å². The van der Waals surface area contributed by atoms with Gasteiger partial charge < -0.3 is 9.47 Å². The monoisotopic (exact) mass is 543 g/mol. The normalized spacial score (nSPS) is 13.8. The molecule has 1 atom stereocenters. The van der Waals surface area contributed by atoms with E-state index in [1.807, 2.05) is 48.5 Å². The molecule has 0 unspecified atom stereocenters. The first-order valence-corrected chi connectivity index (χ1v) is 12.4. The van der Waals surface area contributed by atoms with Crippen molar-refractivity contribution < 1.29 is 36.6 Å². The van der Waals surface area contributed by atoms with Crippen LogP contribution in [0.3, 0.4) is 0 Å². The summed E-state index contributed by atoms with van der Waals surface area (Å²) in [5.74, 6) is -2.47. The number of halogens is 4. The maximum atomic E-state index is 14.2. The smallest absolute Gasteiger partial charge is 0.419 e. The number of carbonyl (C=O) groups is 2. The third-order valence-electron chi connectivity index (χ3n) is 6.54. The van der Waals surface area contributed by atoms with Crippen LogP contribution in [0.1, 0.15) is 48.9 Å². The van der Waals surface area contributed by atoms with Gasteiger partial charge in [0.1, 0.15) is 24.1 Å². The molecule has 1 aliphatic carbocycles. The molecule has 0 fully saturated rings. The number of ether oxygens (including phenoxy) is 2. The summed E-state index contributed by atoms with van der Waals surface area (Å²) in [6, 6.07) is 16.8. The van der Waals surface area contributed by atoms with Crippen molar-refractivity contribution in [3.63, 3.8) is 0 Å². The van der Waals surface area contributed by atoms with E-state index in [4.69, 9.17) is 9.47 Å². The molecule has 0 aromatic heterocycles. The number of rotatable bonds is 6. The van der Waals surface area contributed by atoms with E-state index in [0.717, 1.165) is 33.2 Å². The summed E-state index contributed by atoms with van der Waals surface area (Å²) >= 11 is 0. The van der Waals surface area contributed by atoms with Gasteiger partial charge >= 0.3 is 18.2 Å². The van der Waals surface area contributed by atoms with Crippen LogP contribution in [0.4, 0.5) is 22.4 Å². The summed E-state index contributed by atoms with van der Waals surface area (Å²) in [6.45, 7) is 4.94. The number of fused-ring (bicyclic) bond motifs is 3. The van der Waals surface area contributed by atoms with Crippen LogP contribution in [0.15, 0.2) is 66.7 Å². The fourth-order valence-electron chi connectivity index (χ4n) is 4.71. The fourth-order valence-corrected chi connectivity index (χ4v) is 4.71. The van der Waals surface area contributed by atoms with Crippen molar-refractivity contribution >= 4 is 12.1 Å². The topological polar surface area (TPSA) is 55.8 Å². The Kier molecular flexibility index (Phi) is 7.73.